The quantitative estimate of drug-likeness (QED) is 0.469. The Morgan fingerprint density at radius 1 is 0.788 bits per heavy atom. The highest BCUT2D eigenvalue weighted by Gasteiger charge is 2.30. The van der Waals surface area contributed by atoms with E-state index in [9.17, 15) is 14.7 Å². The molecule has 0 atom stereocenters. The minimum absolute atomic E-state index is 0.0356. The second-order valence-electron chi connectivity index (χ2n) is 10.4. The van der Waals surface area contributed by atoms with E-state index in [2.05, 4.69) is 0 Å². The number of amides is 2. The molecule has 8 heteroatoms. The number of carbonyl (C=O) groups excluding carboxylic acids is 2. The largest absolute Gasteiger partial charge is 0.494 e. The number of hydrogen-bond acceptors (Lipinski definition) is 7. The molecule has 0 heterocycles. The van der Waals surface area contributed by atoms with Crippen molar-refractivity contribution in [3.63, 3.8) is 0 Å². The number of nitrogens with zero attached hydrogens (tertiary/aromatic N) is 1. The van der Waals surface area contributed by atoms with Gasteiger partial charge in [0.1, 0.15) is 17.0 Å². The van der Waals surface area contributed by atoms with Crippen LogP contribution in [0.2, 0.25) is 0 Å². The molecule has 1 rings (SSSR count). The standard InChI is InChI=1S/C25H41NO7/c1-23(2,3)32-21(27)26(22(28)33-24(4,5)6)15-18-30-16-9-10-17-31-20-13-11-19(12-14-20)25(7,8)29/h11-14,29H,9-10,15-18H2,1-8H3. The number of benzene rings is 1. The zero-order chi connectivity index (χ0) is 25.3. The summed E-state index contributed by atoms with van der Waals surface area (Å²) in [5.41, 5.74) is -1.51. The van der Waals surface area contributed by atoms with Crippen molar-refractivity contribution in [1.82, 2.24) is 4.90 Å². The predicted molar refractivity (Wildman–Crippen MR) is 126 cm³/mol. The number of aliphatic hydroxyl groups is 1. The lowest BCUT2D eigenvalue weighted by Gasteiger charge is -2.28. The molecule has 188 valence electrons. The average molecular weight is 468 g/mol. The summed E-state index contributed by atoms with van der Waals surface area (Å²) >= 11 is 0. The van der Waals surface area contributed by atoms with Gasteiger partial charge < -0.3 is 24.1 Å². The minimum Gasteiger partial charge on any atom is -0.494 e. The smallest absolute Gasteiger partial charge is 0.419 e. The van der Waals surface area contributed by atoms with E-state index in [-0.39, 0.29) is 13.2 Å². The maximum absolute atomic E-state index is 12.4. The zero-order valence-corrected chi connectivity index (χ0v) is 21.4. The van der Waals surface area contributed by atoms with E-state index in [1.807, 2.05) is 24.3 Å². The third-order valence-corrected chi connectivity index (χ3v) is 4.20. The molecule has 0 aliphatic heterocycles. The second kappa shape index (κ2) is 12.2. The lowest BCUT2D eigenvalue weighted by molar-refractivity contribution is -0.00479. The van der Waals surface area contributed by atoms with Crippen LogP contribution in [0.15, 0.2) is 24.3 Å². The van der Waals surface area contributed by atoms with Crippen molar-refractivity contribution < 1.29 is 33.6 Å². The van der Waals surface area contributed by atoms with E-state index in [0.29, 0.717) is 13.2 Å². The van der Waals surface area contributed by atoms with Gasteiger partial charge in [0.05, 0.1) is 25.4 Å². The van der Waals surface area contributed by atoms with E-state index in [1.54, 1.807) is 55.4 Å². The van der Waals surface area contributed by atoms with Gasteiger partial charge in [-0.15, -0.1) is 0 Å². The number of imide groups is 1. The van der Waals surface area contributed by atoms with Crippen LogP contribution in [0.25, 0.3) is 0 Å². The molecule has 2 amide bonds. The molecule has 0 aromatic heterocycles. The van der Waals surface area contributed by atoms with Crippen molar-refractivity contribution >= 4 is 12.2 Å². The van der Waals surface area contributed by atoms with Crippen molar-refractivity contribution in [2.45, 2.75) is 85.0 Å². The first-order chi connectivity index (χ1) is 15.1. The van der Waals surface area contributed by atoms with Crippen LogP contribution in [0.4, 0.5) is 9.59 Å². The van der Waals surface area contributed by atoms with Crippen LogP contribution in [0.3, 0.4) is 0 Å². The van der Waals surface area contributed by atoms with Gasteiger partial charge in [-0.05, 0) is 85.9 Å². The number of carbonyl (C=O) groups is 2. The summed E-state index contributed by atoms with van der Waals surface area (Å²) in [6.07, 6.45) is 0.0316. The maximum Gasteiger partial charge on any atom is 0.419 e. The number of rotatable bonds is 10. The summed E-state index contributed by atoms with van der Waals surface area (Å²) in [4.78, 5) is 25.8. The van der Waals surface area contributed by atoms with Crippen molar-refractivity contribution in [1.29, 1.82) is 0 Å². The zero-order valence-electron chi connectivity index (χ0n) is 21.4. The van der Waals surface area contributed by atoms with Crippen LogP contribution in [-0.2, 0) is 19.8 Å². The fourth-order valence-corrected chi connectivity index (χ4v) is 2.60. The Balaban J connectivity index is 2.36. The normalized spacial score (nSPS) is 12.3. The molecule has 0 unspecified atom stereocenters. The number of hydrogen-bond donors (Lipinski definition) is 1. The number of unbranched alkanes of at least 4 members (excludes halogenated alkanes) is 1. The molecule has 8 nitrogen and oxygen atoms in total. The number of ether oxygens (including phenoxy) is 4. The lowest BCUT2D eigenvalue weighted by atomic mass is 9.99. The molecular formula is C25H41NO7. The first-order valence-electron chi connectivity index (χ1n) is 11.4. The predicted octanol–water partition coefficient (Wildman–Crippen LogP) is 5.26. The fraction of sp³-hybridized carbons (Fsp3) is 0.680. The second-order valence-corrected chi connectivity index (χ2v) is 10.4. The molecule has 0 radical (unpaired) electrons. The topological polar surface area (TPSA) is 94.5 Å². The van der Waals surface area contributed by atoms with E-state index < -0.39 is 29.0 Å². The first kappa shape index (κ1) is 28.7. The highest BCUT2D eigenvalue weighted by atomic mass is 16.6. The van der Waals surface area contributed by atoms with Gasteiger partial charge in [0.2, 0.25) is 0 Å². The lowest BCUT2D eigenvalue weighted by Crippen LogP contribution is -2.45. The molecule has 1 aromatic rings. The minimum atomic E-state index is -0.877. The van der Waals surface area contributed by atoms with E-state index in [0.717, 1.165) is 29.1 Å². The Morgan fingerprint density at radius 3 is 1.73 bits per heavy atom. The van der Waals surface area contributed by atoms with Gasteiger partial charge in [0.15, 0.2) is 0 Å². The van der Waals surface area contributed by atoms with E-state index in [4.69, 9.17) is 18.9 Å². The van der Waals surface area contributed by atoms with Gasteiger partial charge in [0.25, 0.3) is 0 Å². The molecule has 0 saturated heterocycles. The van der Waals surface area contributed by atoms with Crippen LogP contribution >= 0.6 is 0 Å². The van der Waals surface area contributed by atoms with Gasteiger partial charge in [-0.2, -0.15) is 0 Å². The van der Waals surface area contributed by atoms with Crippen LogP contribution in [-0.4, -0.2) is 59.8 Å². The van der Waals surface area contributed by atoms with Gasteiger partial charge in [-0.25, -0.2) is 14.5 Å². The Bertz CT molecular complexity index is 712. The summed E-state index contributed by atoms with van der Waals surface area (Å²) in [6, 6.07) is 7.37. The molecule has 1 N–H and O–H groups in total. The van der Waals surface area contributed by atoms with Crippen molar-refractivity contribution in [3.05, 3.63) is 29.8 Å². The third-order valence-electron chi connectivity index (χ3n) is 4.20. The summed E-state index contributed by atoms with van der Waals surface area (Å²) in [5, 5.41) is 9.98. The Hall–Kier alpha value is -2.32. The molecular weight excluding hydrogens is 426 g/mol. The molecule has 1 aromatic carbocycles. The van der Waals surface area contributed by atoms with Crippen LogP contribution < -0.4 is 4.74 Å². The van der Waals surface area contributed by atoms with Crippen LogP contribution in [0, 0.1) is 0 Å². The van der Waals surface area contributed by atoms with Crippen molar-refractivity contribution in [2.24, 2.45) is 0 Å². The molecule has 0 aliphatic rings. The summed E-state index contributed by atoms with van der Waals surface area (Å²) in [5.74, 6) is 0.745. The van der Waals surface area contributed by atoms with Gasteiger partial charge in [0, 0.05) is 6.61 Å². The summed E-state index contributed by atoms with van der Waals surface area (Å²) < 4.78 is 21.9. The van der Waals surface area contributed by atoms with Gasteiger partial charge in [-0.3, -0.25) is 0 Å². The Morgan fingerprint density at radius 2 is 1.27 bits per heavy atom. The monoisotopic (exact) mass is 467 g/mol. The first-order valence-corrected chi connectivity index (χ1v) is 11.4. The molecule has 0 spiro atoms. The highest BCUT2D eigenvalue weighted by Crippen LogP contribution is 2.22. The molecule has 33 heavy (non-hydrogen) atoms. The average Bonchev–Trinajstić information content (AvgIpc) is 2.63. The molecule has 0 aliphatic carbocycles. The SMILES string of the molecule is CC(C)(C)OC(=O)N(CCOCCCCOc1ccc(C(C)(C)O)cc1)C(=O)OC(C)(C)C. The van der Waals surface area contributed by atoms with Gasteiger partial charge in [-0.1, -0.05) is 12.1 Å². The van der Waals surface area contributed by atoms with E-state index in [1.165, 1.54) is 0 Å². The molecule has 0 saturated carbocycles. The van der Waals surface area contributed by atoms with Gasteiger partial charge >= 0.3 is 12.2 Å². The highest BCUT2D eigenvalue weighted by molar-refractivity contribution is 5.88. The Kier molecular flexibility index (Phi) is 10.6. The third kappa shape index (κ3) is 12.5. The summed E-state index contributed by atoms with van der Waals surface area (Å²) in [6.45, 7) is 15.1. The maximum atomic E-state index is 12.4. The van der Waals surface area contributed by atoms with E-state index >= 15 is 0 Å². The van der Waals surface area contributed by atoms with Crippen LogP contribution in [0.1, 0.15) is 73.8 Å². The van der Waals surface area contributed by atoms with Crippen molar-refractivity contribution in [3.8, 4) is 5.75 Å². The summed E-state index contributed by atoms with van der Waals surface area (Å²) in [7, 11) is 0. The fourth-order valence-electron chi connectivity index (χ4n) is 2.60. The Labute approximate surface area is 198 Å². The van der Waals surface area contributed by atoms with Crippen molar-refractivity contribution in [2.75, 3.05) is 26.4 Å². The molecule has 0 bridgehead atoms. The van der Waals surface area contributed by atoms with Crippen LogP contribution in [0.5, 0.6) is 5.75 Å². The molecule has 0 fully saturated rings.